The Morgan fingerprint density at radius 2 is 1.86 bits per heavy atom. The van der Waals surface area contributed by atoms with Gasteiger partial charge in [-0.15, -0.1) is 0 Å². The predicted molar refractivity (Wildman–Crippen MR) is 84.6 cm³/mol. The molecular formula is C17H15ClN2O. The van der Waals surface area contributed by atoms with Gasteiger partial charge in [-0.2, -0.15) is 5.10 Å². The molecule has 0 saturated heterocycles. The van der Waals surface area contributed by atoms with Crippen LogP contribution in [0.2, 0.25) is 5.02 Å². The Bertz CT molecular complexity index is 710. The first-order valence-electron chi connectivity index (χ1n) is 6.77. The lowest BCUT2D eigenvalue weighted by Crippen LogP contribution is -2.08. The molecule has 0 radical (unpaired) electrons. The number of aromatic nitrogens is 2. The van der Waals surface area contributed by atoms with Crippen molar-refractivity contribution in [3.63, 3.8) is 0 Å². The van der Waals surface area contributed by atoms with Gasteiger partial charge in [0.2, 0.25) is 0 Å². The first-order chi connectivity index (χ1) is 10.3. The zero-order valence-electron chi connectivity index (χ0n) is 11.4. The van der Waals surface area contributed by atoms with Crippen molar-refractivity contribution in [2.45, 2.75) is 6.54 Å². The fraction of sp³-hybridized carbons (Fsp3) is 0.118. The summed E-state index contributed by atoms with van der Waals surface area (Å²) in [5.74, 6) is 0.776. The monoisotopic (exact) mass is 298 g/mol. The smallest absolute Gasteiger partial charge is 0.120 e. The molecule has 0 unspecified atom stereocenters. The van der Waals surface area contributed by atoms with Gasteiger partial charge < -0.3 is 4.74 Å². The third kappa shape index (κ3) is 3.64. The summed E-state index contributed by atoms with van der Waals surface area (Å²) in [7, 11) is 0. The summed E-state index contributed by atoms with van der Waals surface area (Å²) in [6.07, 6.45) is 3.89. The minimum absolute atomic E-state index is 0.552. The van der Waals surface area contributed by atoms with Crippen molar-refractivity contribution < 1.29 is 4.74 Å². The van der Waals surface area contributed by atoms with Gasteiger partial charge in [0, 0.05) is 16.8 Å². The van der Waals surface area contributed by atoms with E-state index in [4.69, 9.17) is 16.3 Å². The van der Waals surface area contributed by atoms with E-state index >= 15 is 0 Å². The molecule has 2 aromatic carbocycles. The Labute approximate surface area is 128 Å². The number of ether oxygens (including phenoxy) is 1. The van der Waals surface area contributed by atoms with Gasteiger partial charge in [-0.25, -0.2) is 0 Å². The topological polar surface area (TPSA) is 27.1 Å². The van der Waals surface area contributed by atoms with Gasteiger partial charge in [0.15, 0.2) is 0 Å². The number of hydrogen-bond acceptors (Lipinski definition) is 2. The molecular weight excluding hydrogens is 284 g/mol. The van der Waals surface area contributed by atoms with Crippen LogP contribution in [0.4, 0.5) is 0 Å². The van der Waals surface area contributed by atoms with Crippen molar-refractivity contribution in [3.05, 3.63) is 72.0 Å². The Hall–Kier alpha value is -2.26. The lowest BCUT2D eigenvalue weighted by atomic mass is 10.1. The summed E-state index contributed by atoms with van der Waals surface area (Å²) < 4.78 is 7.54. The summed E-state index contributed by atoms with van der Waals surface area (Å²) in [6, 6.07) is 17.6. The maximum atomic E-state index is 5.91. The molecule has 0 spiro atoms. The van der Waals surface area contributed by atoms with Crippen LogP contribution in [-0.4, -0.2) is 16.4 Å². The predicted octanol–water partition coefficient (Wildman–Crippen LogP) is 4.28. The summed E-state index contributed by atoms with van der Waals surface area (Å²) in [4.78, 5) is 0. The number of halogens is 1. The summed E-state index contributed by atoms with van der Waals surface area (Å²) >= 11 is 5.91. The zero-order valence-corrected chi connectivity index (χ0v) is 12.2. The molecule has 1 aromatic heterocycles. The van der Waals surface area contributed by atoms with E-state index in [1.54, 1.807) is 6.07 Å². The largest absolute Gasteiger partial charge is 0.492 e. The fourth-order valence-corrected chi connectivity index (χ4v) is 2.26. The minimum atomic E-state index is 0.552. The van der Waals surface area contributed by atoms with Crippen LogP contribution < -0.4 is 4.74 Å². The highest BCUT2D eigenvalue weighted by Gasteiger charge is 2.01. The molecule has 0 aliphatic carbocycles. The van der Waals surface area contributed by atoms with Crippen LogP contribution in [0.1, 0.15) is 0 Å². The van der Waals surface area contributed by atoms with Crippen LogP contribution in [0.3, 0.4) is 0 Å². The third-order valence-corrected chi connectivity index (χ3v) is 3.36. The van der Waals surface area contributed by atoms with Gasteiger partial charge in [0.25, 0.3) is 0 Å². The highest BCUT2D eigenvalue weighted by Crippen LogP contribution is 2.18. The molecule has 0 aliphatic rings. The van der Waals surface area contributed by atoms with Gasteiger partial charge in [0.05, 0.1) is 12.7 Å². The van der Waals surface area contributed by atoms with E-state index in [0.717, 1.165) is 11.3 Å². The Balaban J connectivity index is 1.58. The maximum Gasteiger partial charge on any atom is 0.120 e. The van der Waals surface area contributed by atoms with Gasteiger partial charge in [-0.1, -0.05) is 48.0 Å². The average molecular weight is 299 g/mol. The molecule has 0 atom stereocenters. The van der Waals surface area contributed by atoms with Crippen LogP contribution in [0.5, 0.6) is 5.75 Å². The molecule has 0 bridgehead atoms. The van der Waals surface area contributed by atoms with Gasteiger partial charge >= 0.3 is 0 Å². The van der Waals surface area contributed by atoms with Crippen molar-refractivity contribution in [1.29, 1.82) is 0 Å². The van der Waals surface area contributed by atoms with Crippen LogP contribution in [0, 0.1) is 0 Å². The Morgan fingerprint density at radius 3 is 2.67 bits per heavy atom. The van der Waals surface area contributed by atoms with Crippen LogP contribution >= 0.6 is 11.6 Å². The molecule has 106 valence electrons. The SMILES string of the molecule is Clc1cccc(OCCn2cc(-c3ccccc3)cn2)c1. The number of rotatable bonds is 5. The Kier molecular flexibility index (Phi) is 4.22. The van der Waals surface area contributed by atoms with Crippen molar-refractivity contribution >= 4 is 11.6 Å². The second-order valence-electron chi connectivity index (χ2n) is 4.66. The fourth-order valence-electron chi connectivity index (χ4n) is 2.08. The number of benzene rings is 2. The lowest BCUT2D eigenvalue weighted by molar-refractivity contribution is 0.291. The second-order valence-corrected chi connectivity index (χ2v) is 5.10. The lowest BCUT2D eigenvalue weighted by Gasteiger charge is -2.06. The molecule has 0 amide bonds. The number of hydrogen-bond donors (Lipinski definition) is 0. The molecule has 0 fully saturated rings. The molecule has 3 rings (SSSR count). The molecule has 4 heteroatoms. The van der Waals surface area contributed by atoms with E-state index in [0.29, 0.717) is 18.2 Å². The van der Waals surface area contributed by atoms with E-state index in [-0.39, 0.29) is 0 Å². The van der Waals surface area contributed by atoms with Crippen LogP contribution in [0.15, 0.2) is 67.0 Å². The quantitative estimate of drug-likeness (QED) is 0.703. The van der Waals surface area contributed by atoms with E-state index in [1.807, 2.05) is 53.5 Å². The van der Waals surface area contributed by atoms with Crippen LogP contribution in [-0.2, 0) is 6.54 Å². The summed E-state index contributed by atoms with van der Waals surface area (Å²) in [5, 5.41) is 5.03. The second kappa shape index (κ2) is 6.46. The van der Waals surface area contributed by atoms with Crippen molar-refractivity contribution in [1.82, 2.24) is 9.78 Å². The van der Waals surface area contributed by atoms with Crippen molar-refractivity contribution in [2.75, 3.05) is 6.61 Å². The first-order valence-corrected chi connectivity index (χ1v) is 7.15. The van der Waals surface area contributed by atoms with Crippen LogP contribution in [0.25, 0.3) is 11.1 Å². The molecule has 3 aromatic rings. The molecule has 1 heterocycles. The molecule has 21 heavy (non-hydrogen) atoms. The van der Waals surface area contributed by atoms with Crippen molar-refractivity contribution in [2.24, 2.45) is 0 Å². The summed E-state index contributed by atoms with van der Waals surface area (Å²) in [5.41, 5.74) is 2.28. The maximum absolute atomic E-state index is 5.91. The Morgan fingerprint density at radius 1 is 1.00 bits per heavy atom. The van der Waals surface area contributed by atoms with E-state index in [1.165, 1.54) is 5.56 Å². The van der Waals surface area contributed by atoms with Gasteiger partial charge in [-0.3, -0.25) is 4.68 Å². The zero-order chi connectivity index (χ0) is 14.5. The normalized spacial score (nSPS) is 10.5. The summed E-state index contributed by atoms with van der Waals surface area (Å²) in [6.45, 7) is 1.25. The van der Waals surface area contributed by atoms with Crippen molar-refractivity contribution in [3.8, 4) is 16.9 Å². The molecule has 0 N–H and O–H groups in total. The van der Waals surface area contributed by atoms with E-state index < -0.39 is 0 Å². The van der Waals surface area contributed by atoms with Gasteiger partial charge in [-0.05, 0) is 23.8 Å². The first kappa shape index (κ1) is 13.7. The highest BCUT2D eigenvalue weighted by molar-refractivity contribution is 6.30. The standard InChI is InChI=1S/C17H15ClN2O/c18-16-7-4-8-17(11-16)21-10-9-20-13-15(12-19-20)14-5-2-1-3-6-14/h1-8,11-13H,9-10H2. The average Bonchev–Trinajstić information content (AvgIpc) is 2.97. The molecule has 0 aliphatic heterocycles. The number of nitrogens with zero attached hydrogens (tertiary/aromatic N) is 2. The van der Waals surface area contributed by atoms with Gasteiger partial charge in [0.1, 0.15) is 12.4 Å². The third-order valence-electron chi connectivity index (χ3n) is 3.13. The highest BCUT2D eigenvalue weighted by atomic mass is 35.5. The molecule has 3 nitrogen and oxygen atoms in total. The minimum Gasteiger partial charge on any atom is -0.492 e. The van der Waals surface area contributed by atoms with E-state index in [2.05, 4.69) is 17.2 Å². The van der Waals surface area contributed by atoms with E-state index in [9.17, 15) is 0 Å². The molecule has 0 saturated carbocycles.